The first-order valence-corrected chi connectivity index (χ1v) is 6.38. The summed E-state index contributed by atoms with van der Waals surface area (Å²) >= 11 is 5.81. The van der Waals surface area contributed by atoms with Gasteiger partial charge in [0.15, 0.2) is 11.2 Å². The number of amides is 1. The number of fused-ring (bicyclic) bond motifs is 1. The van der Waals surface area contributed by atoms with Gasteiger partial charge in [0, 0.05) is 17.6 Å². The van der Waals surface area contributed by atoms with Crippen molar-refractivity contribution < 1.29 is 14.3 Å². The van der Waals surface area contributed by atoms with Gasteiger partial charge in [-0.25, -0.2) is 0 Å². The standard InChI is InChI=1S/C14H14ClNO4/c1-14(2,19)7-16-13(18)12-6-10(17)9-5-8(15)3-4-11(9)20-12/h3-6,19H,7H2,1-2H3,(H,16,18). The second kappa shape index (κ2) is 5.26. The zero-order valence-corrected chi connectivity index (χ0v) is 11.8. The molecule has 0 atom stereocenters. The fourth-order valence-electron chi connectivity index (χ4n) is 1.62. The summed E-state index contributed by atoms with van der Waals surface area (Å²) in [7, 11) is 0. The number of hydrogen-bond acceptors (Lipinski definition) is 4. The van der Waals surface area contributed by atoms with Crippen LogP contribution in [0.2, 0.25) is 5.02 Å². The number of benzene rings is 1. The summed E-state index contributed by atoms with van der Waals surface area (Å²) in [5.74, 6) is -0.657. The molecule has 1 amide bonds. The minimum absolute atomic E-state index is 0.0498. The van der Waals surface area contributed by atoms with E-state index in [0.29, 0.717) is 10.4 Å². The first kappa shape index (κ1) is 14.6. The maximum atomic E-state index is 11.9. The Balaban J connectivity index is 2.34. The van der Waals surface area contributed by atoms with Crippen LogP contribution in [-0.4, -0.2) is 23.2 Å². The smallest absolute Gasteiger partial charge is 0.287 e. The number of halogens is 1. The van der Waals surface area contributed by atoms with Crippen LogP contribution in [0.15, 0.2) is 33.5 Å². The van der Waals surface area contributed by atoms with E-state index in [2.05, 4.69) is 5.32 Å². The van der Waals surface area contributed by atoms with Crippen molar-refractivity contribution in [3.63, 3.8) is 0 Å². The molecule has 0 radical (unpaired) electrons. The molecule has 20 heavy (non-hydrogen) atoms. The minimum Gasteiger partial charge on any atom is -0.451 e. The molecule has 0 saturated carbocycles. The second-order valence-electron chi connectivity index (χ2n) is 5.11. The van der Waals surface area contributed by atoms with Crippen molar-refractivity contribution in [3.05, 3.63) is 45.3 Å². The lowest BCUT2D eigenvalue weighted by Gasteiger charge is -2.17. The SMILES string of the molecule is CC(C)(O)CNC(=O)c1cc(=O)c2cc(Cl)ccc2o1. The molecule has 1 heterocycles. The highest BCUT2D eigenvalue weighted by Gasteiger charge is 2.17. The molecule has 0 aliphatic rings. The van der Waals surface area contributed by atoms with Crippen molar-refractivity contribution >= 4 is 28.5 Å². The molecule has 6 heteroatoms. The molecule has 0 fully saturated rings. The van der Waals surface area contributed by atoms with Crippen LogP contribution in [0.25, 0.3) is 11.0 Å². The van der Waals surface area contributed by atoms with Crippen LogP contribution in [0.3, 0.4) is 0 Å². The molecule has 5 nitrogen and oxygen atoms in total. The summed E-state index contributed by atoms with van der Waals surface area (Å²) < 4.78 is 5.37. The zero-order valence-electron chi connectivity index (χ0n) is 11.1. The second-order valence-corrected chi connectivity index (χ2v) is 5.55. The van der Waals surface area contributed by atoms with Crippen molar-refractivity contribution in [2.45, 2.75) is 19.4 Å². The first-order chi connectivity index (χ1) is 9.26. The molecular formula is C14H14ClNO4. The van der Waals surface area contributed by atoms with Crippen LogP contribution in [-0.2, 0) is 0 Å². The first-order valence-electron chi connectivity index (χ1n) is 6.00. The maximum absolute atomic E-state index is 11.9. The minimum atomic E-state index is -1.04. The number of aliphatic hydroxyl groups is 1. The summed E-state index contributed by atoms with van der Waals surface area (Å²) in [5, 5.41) is 12.8. The largest absolute Gasteiger partial charge is 0.451 e. The Bertz CT molecular complexity index is 715. The van der Waals surface area contributed by atoms with Crippen molar-refractivity contribution in [2.24, 2.45) is 0 Å². The van der Waals surface area contributed by atoms with Crippen LogP contribution >= 0.6 is 11.6 Å². The van der Waals surface area contributed by atoms with Gasteiger partial charge in [-0.05, 0) is 32.0 Å². The lowest BCUT2D eigenvalue weighted by Crippen LogP contribution is -2.38. The van der Waals surface area contributed by atoms with Gasteiger partial charge >= 0.3 is 0 Å². The highest BCUT2D eigenvalue weighted by molar-refractivity contribution is 6.31. The number of carbonyl (C=O) groups excluding carboxylic acids is 1. The Labute approximate surface area is 120 Å². The molecule has 0 saturated heterocycles. The lowest BCUT2D eigenvalue weighted by atomic mass is 10.1. The summed E-state index contributed by atoms with van der Waals surface area (Å²) in [6, 6.07) is 5.71. The third-order valence-corrected chi connectivity index (χ3v) is 2.83. The molecular weight excluding hydrogens is 282 g/mol. The Hall–Kier alpha value is -1.85. The molecule has 0 aliphatic heterocycles. The molecule has 0 spiro atoms. The molecule has 2 rings (SSSR count). The van der Waals surface area contributed by atoms with E-state index in [9.17, 15) is 14.7 Å². The predicted octanol–water partition coefficient (Wildman–Crippen LogP) is 1.95. The van der Waals surface area contributed by atoms with Crippen LogP contribution < -0.4 is 10.7 Å². The van der Waals surface area contributed by atoms with E-state index in [1.54, 1.807) is 19.9 Å². The van der Waals surface area contributed by atoms with E-state index < -0.39 is 11.5 Å². The Morgan fingerprint density at radius 2 is 2.10 bits per heavy atom. The topological polar surface area (TPSA) is 79.5 Å². The van der Waals surface area contributed by atoms with E-state index >= 15 is 0 Å². The van der Waals surface area contributed by atoms with Gasteiger partial charge in [-0.15, -0.1) is 0 Å². The quantitative estimate of drug-likeness (QED) is 0.907. The number of rotatable bonds is 3. The average molecular weight is 296 g/mol. The van der Waals surface area contributed by atoms with Gasteiger partial charge in [-0.2, -0.15) is 0 Å². The molecule has 2 N–H and O–H groups in total. The van der Waals surface area contributed by atoms with Crippen LogP contribution in [0.1, 0.15) is 24.4 Å². The fourth-order valence-corrected chi connectivity index (χ4v) is 1.80. The third kappa shape index (κ3) is 3.37. The van der Waals surface area contributed by atoms with Crippen molar-refractivity contribution in [1.82, 2.24) is 5.32 Å². The predicted molar refractivity (Wildman–Crippen MR) is 76.1 cm³/mol. The van der Waals surface area contributed by atoms with E-state index in [1.165, 1.54) is 12.1 Å². The van der Waals surface area contributed by atoms with Crippen LogP contribution in [0.5, 0.6) is 0 Å². The van der Waals surface area contributed by atoms with E-state index in [-0.39, 0.29) is 23.3 Å². The molecule has 2 aromatic rings. The van der Waals surface area contributed by atoms with Gasteiger partial charge in [0.2, 0.25) is 0 Å². The Kier molecular flexibility index (Phi) is 3.83. The average Bonchev–Trinajstić information content (AvgIpc) is 2.35. The van der Waals surface area contributed by atoms with E-state index in [4.69, 9.17) is 16.0 Å². The van der Waals surface area contributed by atoms with Gasteiger partial charge in [-0.3, -0.25) is 9.59 Å². The maximum Gasteiger partial charge on any atom is 0.287 e. The van der Waals surface area contributed by atoms with Crippen molar-refractivity contribution in [2.75, 3.05) is 6.54 Å². The monoisotopic (exact) mass is 295 g/mol. The van der Waals surface area contributed by atoms with Crippen molar-refractivity contribution in [1.29, 1.82) is 0 Å². The molecule has 1 aromatic heterocycles. The highest BCUT2D eigenvalue weighted by Crippen LogP contribution is 2.17. The fraction of sp³-hybridized carbons (Fsp3) is 0.286. The summed E-state index contributed by atoms with van der Waals surface area (Å²) in [4.78, 5) is 23.8. The zero-order chi connectivity index (χ0) is 14.9. The van der Waals surface area contributed by atoms with Crippen LogP contribution in [0, 0.1) is 0 Å². The van der Waals surface area contributed by atoms with Gasteiger partial charge in [-0.1, -0.05) is 11.6 Å². The van der Waals surface area contributed by atoms with E-state index in [0.717, 1.165) is 6.07 Å². The Morgan fingerprint density at radius 1 is 1.40 bits per heavy atom. The molecule has 1 aromatic carbocycles. The molecule has 0 bridgehead atoms. The van der Waals surface area contributed by atoms with Gasteiger partial charge < -0.3 is 14.8 Å². The summed E-state index contributed by atoms with van der Waals surface area (Å²) in [6.07, 6.45) is 0. The Morgan fingerprint density at radius 3 is 2.75 bits per heavy atom. The van der Waals surface area contributed by atoms with Crippen molar-refractivity contribution in [3.8, 4) is 0 Å². The van der Waals surface area contributed by atoms with Crippen LogP contribution in [0.4, 0.5) is 0 Å². The number of hydrogen-bond donors (Lipinski definition) is 2. The highest BCUT2D eigenvalue weighted by atomic mass is 35.5. The van der Waals surface area contributed by atoms with Gasteiger partial charge in [0.1, 0.15) is 5.58 Å². The van der Waals surface area contributed by atoms with Gasteiger partial charge in [0.25, 0.3) is 5.91 Å². The normalized spacial score (nSPS) is 11.6. The summed E-state index contributed by atoms with van der Waals surface area (Å²) in [5.41, 5.74) is -1.10. The number of carbonyl (C=O) groups is 1. The third-order valence-electron chi connectivity index (χ3n) is 2.59. The lowest BCUT2D eigenvalue weighted by molar-refractivity contribution is 0.0681. The molecule has 0 aliphatic carbocycles. The van der Waals surface area contributed by atoms with E-state index in [1.807, 2.05) is 0 Å². The molecule has 0 unspecified atom stereocenters. The molecule has 106 valence electrons. The van der Waals surface area contributed by atoms with Gasteiger partial charge in [0.05, 0.1) is 11.0 Å². The summed E-state index contributed by atoms with van der Waals surface area (Å²) in [6.45, 7) is 3.17. The number of nitrogens with one attached hydrogen (secondary N) is 1.